The van der Waals surface area contributed by atoms with Crippen LogP contribution in [0.15, 0.2) is 0 Å². The number of fused-ring (bicyclic) bond motifs is 5. The fourth-order valence-corrected chi connectivity index (χ4v) is 10.0. The highest BCUT2D eigenvalue weighted by Gasteiger charge is 2.65. The summed E-state index contributed by atoms with van der Waals surface area (Å²) < 4.78 is 0. The molecular formula is C27H48O3S. The van der Waals surface area contributed by atoms with Crippen molar-refractivity contribution in [3.63, 3.8) is 0 Å². The van der Waals surface area contributed by atoms with Gasteiger partial charge in [0.25, 0.3) is 0 Å². The first kappa shape index (κ1) is 24.4. The smallest absolute Gasteiger partial charge is 0.0836 e. The van der Waals surface area contributed by atoms with E-state index in [0.29, 0.717) is 23.7 Å². The van der Waals surface area contributed by atoms with Gasteiger partial charge in [-0.2, -0.15) is 11.8 Å². The van der Waals surface area contributed by atoms with Gasteiger partial charge < -0.3 is 15.3 Å². The van der Waals surface area contributed by atoms with Gasteiger partial charge in [-0.3, -0.25) is 0 Å². The summed E-state index contributed by atoms with van der Waals surface area (Å²) in [6.45, 7) is 9.66. The van der Waals surface area contributed by atoms with E-state index in [-0.39, 0.29) is 23.4 Å². The summed E-state index contributed by atoms with van der Waals surface area (Å²) in [5, 5.41) is 32.9. The van der Waals surface area contributed by atoms with Crippen molar-refractivity contribution in [1.82, 2.24) is 0 Å². The van der Waals surface area contributed by atoms with E-state index in [2.05, 4.69) is 39.5 Å². The molecule has 180 valence electrons. The highest BCUT2D eigenvalue weighted by molar-refractivity contribution is 7.99. The van der Waals surface area contributed by atoms with Gasteiger partial charge in [-0.25, -0.2) is 0 Å². The molecule has 0 aromatic heterocycles. The zero-order chi connectivity index (χ0) is 22.4. The lowest BCUT2D eigenvalue weighted by atomic mass is 9.43. The molecule has 4 heteroatoms. The normalized spacial score (nSPS) is 50.4. The number of hydrogen-bond donors (Lipinski definition) is 3. The zero-order valence-electron chi connectivity index (χ0n) is 20.4. The van der Waals surface area contributed by atoms with Crippen LogP contribution in [-0.4, -0.2) is 45.1 Å². The molecule has 3 N–H and O–H groups in total. The molecule has 11 atom stereocenters. The van der Waals surface area contributed by atoms with Gasteiger partial charge in [0.15, 0.2) is 0 Å². The lowest BCUT2D eigenvalue weighted by Crippen LogP contribution is -2.64. The third-order valence-corrected chi connectivity index (χ3v) is 12.1. The molecule has 0 saturated heterocycles. The molecule has 0 aromatic carbocycles. The molecule has 31 heavy (non-hydrogen) atoms. The molecule has 4 rings (SSSR count). The van der Waals surface area contributed by atoms with Crippen LogP contribution in [0.2, 0.25) is 0 Å². The van der Waals surface area contributed by atoms with Crippen molar-refractivity contribution in [2.45, 2.75) is 110 Å². The maximum atomic E-state index is 11.4. The average Bonchev–Trinajstić information content (AvgIpc) is 3.10. The Balaban J connectivity index is 1.49. The standard InChI is InChI=1S/C27H48O3S/c1-5-14-31-15-6-7-17(2)19-8-9-20-23-21(11-13-26(19,20)3)27(4)12-10-18(28)16-22(27)24(29)25(23)30/h17-25,28-30H,5-16H2,1-4H3/t17?,18-,19?,20?,21?,22+,23?,24+,25-,26-,27-/m1/s1. The Bertz CT molecular complexity index is 613. The lowest BCUT2D eigenvalue weighted by molar-refractivity contribution is -0.223. The Morgan fingerprint density at radius 3 is 2.32 bits per heavy atom. The van der Waals surface area contributed by atoms with E-state index in [9.17, 15) is 15.3 Å². The minimum Gasteiger partial charge on any atom is -0.393 e. The van der Waals surface area contributed by atoms with Crippen LogP contribution >= 0.6 is 11.8 Å². The summed E-state index contributed by atoms with van der Waals surface area (Å²) in [6, 6.07) is 0. The molecule has 0 bridgehead atoms. The van der Waals surface area contributed by atoms with Crippen molar-refractivity contribution in [3.8, 4) is 0 Å². The monoisotopic (exact) mass is 452 g/mol. The molecule has 0 radical (unpaired) electrons. The molecule has 0 aliphatic heterocycles. The van der Waals surface area contributed by atoms with Crippen molar-refractivity contribution in [3.05, 3.63) is 0 Å². The number of aliphatic hydroxyl groups is 3. The van der Waals surface area contributed by atoms with E-state index < -0.39 is 12.2 Å². The van der Waals surface area contributed by atoms with Gasteiger partial charge in [0, 0.05) is 0 Å². The minimum absolute atomic E-state index is 0.0496. The quantitative estimate of drug-likeness (QED) is 0.446. The van der Waals surface area contributed by atoms with Gasteiger partial charge in [-0.15, -0.1) is 0 Å². The zero-order valence-corrected chi connectivity index (χ0v) is 21.2. The fourth-order valence-electron chi connectivity index (χ4n) is 9.17. The Morgan fingerprint density at radius 1 is 0.871 bits per heavy atom. The molecule has 0 heterocycles. The molecule has 4 aliphatic rings. The number of hydrogen-bond acceptors (Lipinski definition) is 4. The van der Waals surface area contributed by atoms with Crippen LogP contribution in [0, 0.1) is 46.3 Å². The maximum absolute atomic E-state index is 11.4. The van der Waals surface area contributed by atoms with Crippen LogP contribution < -0.4 is 0 Å². The van der Waals surface area contributed by atoms with Crippen LogP contribution in [0.25, 0.3) is 0 Å². The first-order chi connectivity index (χ1) is 14.7. The molecule has 0 spiro atoms. The summed E-state index contributed by atoms with van der Waals surface area (Å²) >= 11 is 2.11. The van der Waals surface area contributed by atoms with Crippen molar-refractivity contribution < 1.29 is 15.3 Å². The molecule has 0 aromatic rings. The molecule has 4 saturated carbocycles. The third kappa shape index (κ3) is 4.15. The number of rotatable bonds is 7. The Hall–Kier alpha value is 0.230. The molecule has 4 fully saturated rings. The lowest BCUT2D eigenvalue weighted by Gasteiger charge is -2.63. The third-order valence-electron chi connectivity index (χ3n) is 10.8. The van der Waals surface area contributed by atoms with Gasteiger partial charge in [0.05, 0.1) is 18.3 Å². The Labute approximate surface area is 195 Å². The van der Waals surface area contributed by atoms with Gasteiger partial charge in [0.1, 0.15) is 0 Å². The second-order valence-electron chi connectivity index (χ2n) is 12.3. The Morgan fingerprint density at radius 2 is 1.58 bits per heavy atom. The van der Waals surface area contributed by atoms with E-state index in [1.807, 2.05) is 0 Å². The van der Waals surface area contributed by atoms with E-state index in [1.54, 1.807) is 0 Å². The SMILES string of the molecule is CCCSCCCC(C)C1CCC2C3C(CC[C@]12C)[C@@]1(C)CC[C@@H](O)C[C@H]1[C@H](O)[C@@H]3O. The second kappa shape index (κ2) is 9.47. The van der Waals surface area contributed by atoms with Crippen LogP contribution in [0.3, 0.4) is 0 Å². The average molecular weight is 453 g/mol. The summed E-state index contributed by atoms with van der Waals surface area (Å²) in [6.07, 6.45) is 9.88. The molecule has 3 nitrogen and oxygen atoms in total. The highest BCUT2D eigenvalue weighted by atomic mass is 32.2. The largest absolute Gasteiger partial charge is 0.393 e. The van der Waals surface area contributed by atoms with Crippen LogP contribution in [-0.2, 0) is 0 Å². The van der Waals surface area contributed by atoms with E-state index >= 15 is 0 Å². The van der Waals surface area contributed by atoms with E-state index in [1.165, 1.54) is 56.5 Å². The number of thioether (sulfide) groups is 1. The molecule has 0 amide bonds. The van der Waals surface area contributed by atoms with Gasteiger partial charge >= 0.3 is 0 Å². The predicted molar refractivity (Wildman–Crippen MR) is 130 cm³/mol. The van der Waals surface area contributed by atoms with Crippen LogP contribution in [0.5, 0.6) is 0 Å². The number of aliphatic hydroxyl groups excluding tert-OH is 3. The van der Waals surface area contributed by atoms with Gasteiger partial charge in [-0.05, 0) is 122 Å². The summed E-state index contributed by atoms with van der Waals surface area (Å²) in [5.74, 6) is 5.44. The second-order valence-corrected chi connectivity index (χ2v) is 13.5. The van der Waals surface area contributed by atoms with E-state index in [4.69, 9.17) is 0 Å². The molecule has 4 aliphatic carbocycles. The molecule has 5 unspecified atom stereocenters. The van der Waals surface area contributed by atoms with Crippen molar-refractivity contribution in [2.24, 2.45) is 46.3 Å². The summed E-state index contributed by atoms with van der Waals surface area (Å²) in [7, 11) is 0. The van der Waals surface area contributed by atoms with Crippen LogP contribution in [0.1, 0.15) is 91.9 Å². The summed E-state index contributed by atoms with van der Waals surface area (Å²) in [5.41, 5.74) is 0.388. The van der Waals surface area contributed by atoms with Gasteiger partial charge in [-0.1, -0.05) is 27.7 Å². The van der Waals surface area contributed by atoms with Gasteiger partial charge in [0.2, 0.25) is 0 Å². The van der Waals surface area contributed by atoms with Crippen molar-refractivity contribution >= 4 is 11.8 Å². The topological polar surface area (TPSA) is 60.7 Å². The van der Waals surface area contributed by atoms with Crippen molar-refractivity contribution in [1.29, 1.82) is 0 Å². The first-order valence-corrected chi connectivity index (χ1v) is 14.5. The van der Waals surface area contributed by atoms with E-state index in [0.717, 1.165) is 24.7 Å². The predicted octanol–water partition coefficient (Wildman–Crippen LogP) is 5.51. The fraction of sp³-hybridized carbons (Fsp3) is 1.00. The molecular weight excluding hydrogens is 404 g/mol. The highest BCUT2D eigenvalue weighted by Crippen LogP contribution is 2.68. The maximum Gasteiger partial charge on any atom is 0.0836 e. The summed E-state index contributed by atoms with van der Waals surface area (Å²) in [4.78, 5) is 0. The first-order valence-electron chi connectivity index (χ1n) is 13.4. The Kier molecular flexibility index (Phi) is 7.44. The minimum atomic E-state index is -0.671. The van der Waals surface area contributed by atoms with Crippen molar-refractivity contribution in [2.75, 3.05) is 11.5 Å². The van der Waals surface area contributed by atoms with Crippen LogP contribution in [0.4, 0.5) is 0 Å².